The minimum atomic E-state index is -1.07. The molecule has 5 N–H and O–H groups in total. The average molecular weight is 420 g/mol. The molecule has 2 aromatic heterocycles. The normalized spacial score (nSPS) is 14.7. The Morgan fingerprint density at radius 1 is 1.20 bits per heavy atom. The van der Waals surface area contributed by atoms with Gasteiger partial charge >= 0.3 is 5.69 Å². The zero-order valence-corrected chi connectivity index (χ0v) is 16.5. The van der Waals surface area contributed by atoms with Gasteiger partial charge in [-0.1, -0.05) is 12.1 Å². The fourth-order valence-electron chi connectivity index (χ4n) is 3.27. The smallest absolute Gasteiger partial charge is 0.332 e. The molecule has 30 heavy (non-hydrogen) atoms. The summed E-state index contributed by atoms with van der Waals surface area (Å²) in [4.78, 5) is 28.6. The fraction of sp³-hybridized carbons (Fsp3) is 0.389. The molecule has 0 bridgehead atoms. The van der Waals surface area contributed by atoms with Crippen molar-refractivity contribution in [1.29, 1.82) is 0 Å². The van der Waals surface area contributed by atoms with Crippen LogP contribution in [-0.2, 0) is 20.6 Å². The summed E-state index contributed by atoms with van der Waals surface area (Å²) in [6, 6.07) is 5.04. The van der Waals surface area contributed by atoms with Crippen molar-refractivity contribution in [2.75, 3.05) is 13.2 Å². The number of aliphatic hydroxyl groups excluding tert-OH is 2. The van der Waals surface area contributed by atoms with Crippen LogP contribution in [-0.4, -0.2) is 53.3 Å². The number of rotatable bonds is 8. The lowest BCUT2D eigenvalue weighted by atomic mass is 10.0. The molecule has 3 aromatic rings. The molecule has 12 nitrogen and oxygen atoms in total. The highest BCUT2D eigenvalue weighted by Crippen LogP contribution is 2.18. The van der Waals surface area contributed by atoms with Crippen molar-refractivity contribution in [2.24, 2.45) is 14.1 Å². The number of aliphatic hydroxyl groups is 2. The molecule has 0 saturated heterocycles. The predicted molar refractivity (Wildman–Crippen MR) is 106 cm³/mol. The number of aryl methyl sites for hydroxylation is 1. The second-order valence-electron chi connectivity index (χ2n) is 6.93. The van der Waals surface area contributed by atoms with E-state index in [1.165, 1.54) is 49.3 Å². The number of hydrogen-bond acceptors (Lipinski definition) is 8. The van der Waals surface area contributed by atoms with Crippen LogP contribution in [0.15, 0.2) is 40.2 Å². The Kier molecular flexibility index (Phi) is 6.45. The van der Waals surface area contributed by atoms with E-state index in [-0.39, 0.29) is 23.5 Å². The molecule has 0 spiro atoms. The molecule has 2 heterocycles. The van der Waals surface area contributed by atoms with Gasteiger partial charge < -0.3 is 25.3 Å². The van der Waals surface area contributed by atoms with E-state index in [1.54, 1.807) is 4.57 Å². The molecule has 3 atom stereocenters. The molecule has 0 aliphatic rings. The molecular formula is C18H24N6O6. The predicted octanol–water partition coefficient (Wildman–Crippen LogP) is -2.48. The molecule has 12 heteroatoms. The van der Waals surface area contributed by atoms with Gasteiger partial charge in [0.15, 0.2) is 16.9 Å². The van der Waals surface area contributed by atoms with Crippen LogP contribution in [0.5, 0.6) is 0 Å². The Labute approximate surface area is 170 Å². The number of hydrogen-bond donors (Lipinski definition) is 5. The summed E-state index contributed by atoms with van der Waals surface area (Å²) < 4.78 is 3.91. The third-order valence-corrected chi connectivity index (χ3v) is 5.05. The van der Waals surface area contributed by atoms with Gasteiger partial charge in [-0.2, -0.15) is 5.23 Å². The van der Waals surface area contributed by atoms with Crippen molar-refractivity contribution in [2.45, 2.75) is 18.7 Å². The van der Waals surface area contributed by atoms with Crippen LogP contribution in [0.3, 0.4) is 0 Å². The maximum atomic E-state index is 12.5. The summed E-state index contributed by atoms with van der Waals surface area (Å²) >= 11 is 0. The van der Waals surface area contributed by atoms with Crippen molar-refractivity contribution in [3.05, 3.63) is 62.2 Å². The Hall–Kier alpha value is -2.87. The van der Waals surface area contributed by atoms with Crippen LogP contribution in [0.1, 0.15) is 11.7 Å². The monoisotopic (exact) mass is 420 g/mol. The van der Waals surface area contributed by atoms with E-state index in [2.05, 4.69) is 10.3 Å². The van der Waals surface area contributed by atoms with Gasteiger partial charge in [-0.15, -0.1) is 0 Å². The van der Waals surface area contributed by atoms with Crippen molar-refractivity contribution in [3.8, 4) is 0 Å². The first-order valence-electron chi connectivity index (χ1n) is 9.22. The van der Waals surface area contributed by atoms with Gasteiger partial charge in [0.05, 0.1) is 25.1 Å². The molecule has 0 fully saturated rings. The van der Waals surface area contributed by atoms with Crippen molar-refractivity contribution < 1.29 is 20.6 Å². The number of imidazole rings is 1. The third-order valence-electron chi connectivity index (χ3n) is 5.05. The SMILES string of the molecule is Cn1c(=O)c2c(ncn2CCN[C@H](CO)[C@@H](O)c2ccc([NH+]([O-])O)cc2)n(C)c1=O. The van der Waals surface area contributed by atoms with Crippen LogP contribution in [0.4, 0.5) is 5.69 Å². The highest BCUT2D eigenvalue weighted by Gasteiger charge is 2.20. The van der Waals surface area contributed by atoms with E-state index in [1.807, 2.05) is 0 Å². The molecule has 0 amide bonds. The number of aromatic nitrogens is 4. The number of quaternary nitrogens is 1. The van der Waals surface area contributed by atoms with Gasteiger partial charge in [0.25, 0.3) is 5.56 Å². The summed E-state index contributed by atoms with van der Waals surface area (Å²) in [6.45, 7) is 0.251. The first kappa shape index (κ1) is 21.8. The van der Waals surface area contributed by atoms with Gasteiger partial charge in [-0.25, -0.2) is 15.0 Å². The minimum absolute atomic E-state index is 0.0995. The number of nitrogens with one attached hydrogen (secondary N) is 2. The highest BCUT2D eigenvalue weighted by molar-refractivity contribution is 5.69. The van der Waals surface area contributed by atoms with Gasteiger partial charge in [-0.3, -0.25) is 13.9 Å². The first-order valence-corrected chi connectivity index (χ1v) is 9.22. The maximum Gasteiger partial charge on any atom is 0.332 e. The van der Waals surface area contributed by atoms with E-state index in [0.717, 1.165) is 4.57 Å². The standard InChI is InChI=1S/C18H24N6O6/c1-21-16-14(17(27)22(2)18(21)28)23(10-20-16)8-7-19-13(9-25)15(26)11-3-5-12(6-4-11)24(29)30/h3-6,10,13,15,19,24-26,29H,7-9H2,1-2H3/t13-,15+/m1/s1. The second kappa shape index (κ2) is 8.87. The summed E-state index contributed by atoms with van der Waals surface area (Å²) in [5.74, 6) is 0. The number of nitrogens with zero attached hydrogens (tertiary/aromatic N) is 4. The lowest BCUT2D eigenvalue weighted by molar-refractivity contribution is -0.991. The molecule has 0 aliphatic heterocycles. The Morgan fingerprint density at radius 2 is 1.87 bits per heavy atom. The quantitative estimate of drug-likeness (QED) is 0.250. The number of fused-ring (bicyclic) bond motifs is 1. The maximum absolute atomic E-state index is 12.5. The Bertz CT molecular complexity index is 1130. The van der Waals surface area contributed by atoms with Crippen LogP contribution >= 0.6 is 0 Å². The molecular weight excluding hydrogens is 396 g/mol. The van der Waals surface area contributed by atoms with E-state index < -0.39 is 28.6 Å². The zero-order valence-electron chi connectivity index (χ0n) is 16.5. The molecule has 162 valence electrons. The lowest BCUT2D eigenvalue weighted by Crippen LogP contribution is -2.99. The average Bonchev–Trinajstić information content (AvgIpc) is 3.17. The second-order valence-corrected chi connectivity index (χ2v) is 6.93. The fourth-order valence-corrected chi connectivity index (χ4v) is 3.27. The molecule has 0 aliphatic carbocycles. The molecule has 1 unspecified atom stereocenters. The van der Waals surface area contributed by atoms with E-state index >= 15 is 0 Å². The Balaban J connectivity index is 1.72. The van der Waals surface area contributed by atoms with Crippen molar-refractivity contribution in [3.63, 3.8) is 0 Å². The van der Waals surface area contributed by atoms with E-state index in [4.69, 9.17) is 5.21 Å². The van der Waals surface area contributed by atoms with Crippen LogP contribution < -0.4 is 21.8 Å². The minimum Gasteiger partial charge on any atom is -0.595 e. The van der Waals surface area contributed by atoms with Crippen molar-refractivity contribution in [1.82, 2.24) is 24.0 Å². The lowest BCUT2D eigenvalue weighted by Gasteiger charge is -2.23. The molecule has 0 radical (unpaired) electrons. The van der Waals surface area contributed by atoms with E-state index in [9.17, 15) is 25.0 Å². The van der Waals surface area contributed by atoms with Gasteiger partial charge in [0, 0.05) is 39.3 Å². The van der Waals surface area contributed by atoms with Crippen LogP contribution in [0, 0.1) is 5.21 Å². The van der Waals surface area contributed by atoms with Crippen LogP contribution in [0.2, 0.25) is 0 Å². The third kappa shape index (κ3) is 4.05. The summed E-state index contributed by atoms with van der Waals surface area (Å²) in [5, 5.41) is 42.0. The summed E-state index contributed by atoms with van der Waals surface area (Å²) in [6.07, 6.45) is 0.397. The van der Waals surface area contributed by atoms with Crippen LogP contribution in [0.25, 0.3) is 11.2 Å². The van der Waals surface area contributed by atoms with E-state index in [0.29, 0.717) is 18.7 Å². The van der Waals surface area contributed by atoms with Gasteiger partial charge in [0.1, 0.15) is 0 Å². The Morgan fingerprint density at radius 3 is 2.47 bits per heavy atom. The molecule has 0 saturated carbocycles. The molecule has 1 aromatic carbocycles. The first-order chi connectivity index (χ1) is 14.3. The largest absolute Gasteiger partial charge is 0.595 e. The summed E-state index contributed by atoms with van der Waals surface area (Å²) in [5.41, 5.74) is 0.203. The topological polar surface area (TPSA) is 162 Å². The molecule has 3 rings (SSSR count). The zero-order chi connectivity index (χ0) is 22.0. The summed E-state index contributed by atoms with van der Waals surface area (Å²) in [7, 11) is 2.93. The van der Waals surface area contributed by atoms with Crippen molar-refractivity contribution >= 4 is 16.9 Å². The van der Waals surface area contributed by atoms with Gasteiger partial charge in [-0.05, 0) is 5.56 Å². The van der Waals surface area contributed by atoms with Gasteiger partial charge in [0.2, 0.25) is 0 Å². The highest BCUT2D eigenvalue weighted by atomic mass is 16.8. The number of benzene rings is 1.